The van der Waals surface area contributed by atoms with Crippen molar-refractivity contribution in [1.29, 1.82) is 0 Å². The summed E-state index contributed by atoms with van der Waals surface area (Å²) in [5, 5.41) is 9.10. The van der Waals surface area contributed by atoms with E-state index in [9.17, 15) is 35.9 Å². The van der Waals surface area contributed by atoms with E-state index in [1.54, 1.807) is 6.07 Å². The minimum Gasteiger partial charge on any atom is -0.480 e. The molecule has 2 bridgehead atoms. The number of aliphatic carboxylic acids is 1. The van der Waals surface area contributed by atoms with Gasteiger partial charge >= 0.3 is 24.4 Å². The number of halogens is 6. The number of anilines is 1. The van der Waals surface area contributed by atoms with Gasteiger partial charge in [-0.25, -0.2) is 4.79 Å². The Balaban J connectivity index is 1.18. The van der Waals surface area contributed by atoms with Crippen molar-refractivity contribution in [3.05, 3.63) is 29.3 Å². The maximum atomic E-state index is 13.8. The Hall–Kier alpha value is -2.74. The number of rotatable bonds is 6. The third kappa shape index (κ3) is 5.97. The highest BCUT2D eigenvalue weighted by molar-refractivity contribution is 5.69. The van der Waals surface area contributed by atoms with Gasteiger partial charge in [-0.1, -0.05) is 0 Å². The predicted molar refractivity (Wildman–Crippen MR) is 131 cm³/mol. The molecule has 4 saturated heterocycles. The molecule has 0 saturated carbocycles. The van der Waals surface area contributed by atoms with E-state index in [1.807, 2.05) is 14.7 Å². The molecule has 3 atom stereocenters. The molecule has 14 heteroatoms. The molecule has 1 amide bonds. The van der Waals surface area contributed by atoms with Gasteiger partial charge in [0.25, 0.3) is 0 Å². The molecule has 0 aromatic heterocycles. The average Bonchev–Trinajstić information content (AvgIpc) is 3.42. The zero-order valence-corrected chi connectivity index (χ0v) is 22.0. The van der Waals surface area contributed by atoms with Gasteiger partial charge in [0.05, 0.1) is 12.1 Å². The second-order valence-corrected chi connectivity index (χ2v) is 11.6. The number of carboxylic acid groups (broad SMARTS) is 1. The predicted octanol–water partition coefficient (Wildman–Crippen LogP) is 4.04. The first-order valence-electron chi connectivity index (χ1n) is 13.3. The Labute approximate surface area is 227 Å². The van der Waals surface area contributed by atoms with Crippen LogP contribution in [0.2, 0.25) is 0 Å². The van der Waals surface area contributed by atoms with Crippen LogP contribution in [-0.2, 0) is 22.3 Å². The first-order valence-corrected chi connectivity index (χ1v) is 13.3. The molecule has 222 valence electrons. The lowest BCUT2D eigenvalue weighted by atomic mass is 9.72. The summed E-state index contributed by atoms with van der Waals surface area (Å²) < 4.78 is 84.0. The number of ether oxygens (including phenoxy) is 1. The van der Waals surface area contributed by atoms with Crippen LogP contribution in [0.15, 0.2) is 18.2 Å². The average molecular weight is 579 g/mol. The molecule has 4 heterocycles. The van der Waals surface area contributed by atoms with Crippen LogP contribution in [0.5, 0.6) is 0 Å². The van der Waals surface area contributed by atoms with Gasteiger partial charge in [-0.15, -0.1) is 0 Å². The first kappa shape index (κ1) is 28.8. The molecule has 1 spiro atoms. The van der Waals surface area contributed by atoms with E-state index >= 15 is 0 Å². The maximum Gasteiger partial charge on any atom is 0.425 e. The van der Waals surface area contributed by atoms with Crippen LogP contribution in [0, 0.1) is 5.41 Å². The van der Waals surface area contributed by atoms with Crippen molar-refractivity contribution >= 4 is 17.7 Å². The van der Waals surface area contributed by atoms with Crippen LogP contribution >= 0.6 is 0 Å². The second kappa shape index (κ2) is 10.3. The normalized spacial score (nSPS) is 25.8. The van der Waals surface area contributed by atoms with Gasteiger partial charge in [0, 0.05) is 63.6 Å². The van der Waals surface area contributed by atoms with Gasteiger partial charge in [0.2, 0.25) is 0 Å². The first-order chi connectivity index (χ1) is 18.6. The van der Waals surface area contributed by atoms with Gasteiger partial charge in [-0.05, 0) is 55.4 Å². The third-order valence-electron chi connectivity index (χ3n) is 8.67. The minimum absolute atomic E-state index is 0.00541. The highest BCUT2D eigenvalue weighted by atomic mass is 19.4. The lowest BCUT2D eigenvalue weighted by molar-refractivity contribution is -0.200. The molecule has 0 aliphatic carbocycles. The fourth-order valence-electron chi connectivity index (χ4n) is 6.57. The number of carbonyl (C=O) groups is 2. The third-order valence-corrected chi connectivity index (χ3v) is 8.67. The van der Waals surface area contributed by atoms with Crippen LogP contribution in [0.1, 0.15) is 37.3 Å². The Morgan fingerprint density at radius 1 is 1.05 bits per heavy atom. The van der Waals surface area contributed by atoms with E-state index in [0.29, 0.717) is 63.2 Å². The molecule has 1 aromatic carbocycles. The van der Waals surface area contributed by atoms with Gasteiger partial charge in [-0.2, -0.15) is 26.3 Å². The van der Waals surface area contributed by atoms with Crippen LogP contribution in [0.25, 0.3) is 0 Å². The molecular weight excluding hydrogens is 546 g/mol. The van der Waals surface area contributed by atoms with E-state index in [-0.39, 0.29) is 37.1 Å². The molecule has 4 fully saturated rings. The lowest BCUT2D eigenvalue weighted by Gasteiger charge is -2.54. The van der Waals surface area contributed by atoms with Gasteiger partial charge in [0.1, 0.15) is 0 Å². The summed E-state index contributed by atoms with van der Waals surface area (Å²) >= 11 is 0. The van der Waals surface area contributed by atoms with Gasteiger partial charge < -0.3 is 19.6 Å². The van der Waals surface area contributed by atoms with Crippen LogP contribution < -0.4 is 4.90 Å². The summed E-state index contributed by atoms with van der Waals surface area (Å²) in [6.07, 6.45) is -10.4. The Bertz CT molecular complexity index is 1130. The van der Waals surface area contributed by atoms with Crippen molar-refractivity contribution < 1.29 is 45.8 Å². The lowest BCUT2D eigenvalue weighted by Crippen LogP contribution is -2.60. The van der Waals surface area contributed by atoms with Crippen molar-refractivity contribution in [3.8, 4) is 0 Å². The fourth-order valence-corrected chi connectivity index (χ4v) is 6.57. The Morgan fingerprint density at radius 2 is 1.73 bits per heavy atom. The number of piperazine rings is 1. The highest BCUT2D eigenvalue weighted by Gasteiger charge is 2.47. The Kier molecular flexibility index (Phi) is 7.39. The number of piperidine rings is 1. The van der Waals surface area contributed by atoms with Crippen LogP contribution in [0.3, 0.4) is 0 Å². The summed E-state index contributed by atoms with van der Waals surface area (Å²) in [5.74, 6) is -0.922. The van der Waals surface area contributed by atoms with Crippen molar-refractivity contribution in [3.63, 3.8) is 0 Å². The van der Waals surface area contributed by atoms with Crippen LogP contribution in [0.4, 0.5) is 36.8 Å². The SMILES string of the molecule is CC(OC(=O)N1CCC2(CC1)CN(Cc1cc(N3CC4CC3CN4CC(=O)O)cc(C(F)(F)F)c1)C2)C(F)(F)F. The maximum absolute atomic E-state index is 13.8. The number of likely N-dealkylation sites (tertiary alicyclic amines) is 3. The largest absolute Gasteiger partial charge is 0.480 e. The summed E-state index contributed by atoms with van der Waals surface area (Å²) in [5.41, 5.74) is 0.174. The quantitative estimate of drug-likeness (QED) is 0.511. The molecule has 3 unspecified atom stereocenters. The molecular formula is C26H32F6N4O4. The zero-order valence-electron chi connectivity index (χ0n) is 22.0. The van der Waals surface area contributed by atoms with E-state index in [0.717, 1.165) is 13.0 Å². The molecule has 0 radical (unpaired) electrons. The second-order valence-electron chi connectivity index (χ2n) is 11.6. The summed E-state index contributed by atoms with van der Waals surface area (Å²) in [7, 11) is 0. The molecule has 4 aliphatic heterocycles. The standard InChI is InChI=1S/C26H32F6N4O4/c1-16(25(27,28)29)40-23(39)34-4-2-24(3-5-34)14-33(15-24)10-17-6-18(26(30,31)32)8-19(7-17)36-12-20-9-21(36)11-35(20)13-22(37)38/h6-8,16,20-21H,2-5,9-15H2,1H3,(H,37,38). The van der Waals surface area contributed by atoms with Gasteiger partial charge in [-0.3, -0.25) is 14.6 Å². The number of nitrogens with zero attached hydrogens (tertiary/aromatic N) is 4. The molecule has 1 aromatic rings. The monoisotopic (exact) mass is 578 g/mol. The highest BCUT2D eigenvalue weighted by Crippen LogP contribution is 2.43. The van der Waals surface area contributed by atoms with Crippen molar-refractivity contribution in [2.75, 3.05) is 50.7 Å². The minimum atomic E-state index is -4.63. The van der Waals surface area contributed by atoms with E-state index in [4.69, 9.17) is 5.11 Å². The molecule has 5 rings (SSSR count). The molecule has 8 nitrogen and oxygen atoms in total. The molecule has 40 heavy (non-hydrogen) atoms. The summed E-state index contributed by atoms with van der Waals surface area (Å²) in [4.78, 5) is 30.3. The number of alkyl halides is 6. The van der Waals surface area contributed by atoms with Crippen molar-refractivity contribution in [1.82, 2.24) is 14.7 Å². The van der Waals surface area contributed by atoms with Crippen molar-refractivity contribution in [2.24, 2.45) is 5.41 Å². The number of carboxylic acids is 1. The number of fused-ring (bicyclic) bond motifs is 2. The smallest absolute Gasteiger partial charge is 0.425 e. The number of carbonyl (C=O) groups excluding carboxylic acids is 1. The number of amides is 1. The summed E-state index contributed by atoms with van der Waals surface area (Å²) in [6.45, 7) is 3.78. The van der Waals surface area contributed by atoms with E-state index < -0.39 is 36.1 Å². The Morgan fingerprint density at radius 3 is 2.27 bits per heavy atom. The summed E-state index contributed by atoms with van der Waals surface area (Å²) in [6, 6.07) is 4.07. The van der Waals surface area contributed by atoms with E-state index in [1.165, 1.54) is 11.0 Å². The number of hydrogen-bond donors (Lipinski definition) is 1. The van der Waals surface area contributed by atoms with E-state index in [2.05, 4.69) is 4.74 Å². The number of hydrogen-bond acceptors (Lipinski definition) is 6. The fraction of sp³-hybridized carbons (Fsp3) is 0.692. The topological polar surface area (TPSA) is 76.6 Å². The van der Waals surface area contributed by atoms with Crippen molar-refractivity contribution in [2.45, 2.75) is 63.3 Å². The molecule has 4 aliphatic rings. The van der Waals surface area contributed by atoms with Gasteiger partial charge in [0.15, 0.2) is 6.10 Å². The number of benzene rings is 1. The van der Waals surface area contributed by atoms with Crippen LogP contribution in [-0.4, -0.2) is 102 Å². The zero-order chi connectivity index (χ0) is 29.0. The molecule has 1 N–H and O–H groups in total.